The van der Waals surface area contributed by atoms with Crippen LogP contribution in [0.4, 0.5) is 0 Å². The molecule has 1 aromatic rings. The number of hydrogen-bond donors (Lipinski definition) is 2. The van der Waals surface area contributed by atoms with Crippen molar-refractivity contribution in [2.75, 3.05) is 26.2 Å². The number of likely N-dealkylation sites (tertiary alicyclic amines) is 1. The van der Waals surface area contributed by atoms with Gasteiger partial charge in [0, 0.05) is 31.7 Å². The van der Waals surface area contributed by atoms with E-state index in [2.05, 4.69) is 29.4 Å². The first-order valence-electron chi connectivity index (χ1n) is 10.6. The molecule has 0 aromatic heterocycles. The minimum absolute atomic E-state index is 0. The van der Waals surface area contributed by atoms with Crippen LogP contribution in [-0.2, 0) is 6.54 Å². The van der Waals surface area contributed by atoms with Gasteiger partial charge in [-0.25, -0.2) is 4.99 Å². The zero-order valence-corrected chi connectivity index (χ0v) is 19.6. The Labute approximate surface area is 186 Å². The zero-order chi connectivity index (χ0) is 19.1. The van der Waals surface area contributed by atoms with Crippen LogP contribution in [0, 0.1) is 5.41 Å². The van der Waals surface area contributed by atoms with Gasteiger partial charge in [-0.05, 0) is 55.7 Å². The van der Waals surface area contributed by atoms with Crippen LogP contribution in [0.5, 0.6) is 0 Å². The molecule has 28 heavy (non-hydrogen) atoms. The number of amides is 1. The Morgan fingerprint density at radius 3 is 2.46 bits per heavy atom. The van der Waals surface area contributed by atoms with E-state index in [4.69, 9.17) is 4.99 Å². The van der Waals surface area contributed by atoms with Crippen LogP contribution in [0.25, 0.3) is 0 Å². The van der Waals surface area contributed by atoms with Gasteiger partial charge >= 0.3 is 0 Å². The summed E-state index contributed by atoms with van der Waals surface area (Å²) in [5, 5.41) is 6.41. The Kier molecular flexibility index (Phi) is 9.05. The van der Waals surface area contributed by atoms with E-state index in [-0.39, 0.29) is 29.9 Å². The number of carbonyl (C=O) groups is 1. The molecule has 1 aromatic carbocycles. The van der Waals surface area contributed by atoms with E-state index in [9.17, 15) is 4.79 Å². The summed E-state index contributed by atoms with van der Waals surface area (Å²) in [7, 11) is 0. The maximum Gasteiger partial charge on any atom is 0.251 e. The van der Waals surface area contributed by atoms with E-state index >= 15 is 0 Å². The average Bonchev–Trinajstić information content (AvgIpc) is 3.12. The van der Waals surface area contributed by atoms with E-state index < -0.39 is 0 Å². The molecule has 1 aliphatic heterocycles. The largest absolute Gasteiger partial charge is 0.357 e. The maximum atomic E-state index is 12.1. The molecular formula is C22H35IN4O. The van der Waals surface area contributed by atoms with E-state index in [0.29, 0.717) is 12.0 Å². The maximum absolute atomic E-state index is 12.1. The van der Waals surface area contributed by atoms with Gasteiger partial charge in [0.1, 0.15) is 0 Å². The predicted molar refractivity (Wildman–Crippen MR) is 126 cm³/mol. The van der Waals surface area contributed by atoms with Crippen molar-refractivity contribution < 1.29 is 4.79 Å². The first kappa shape index (κ1) is 23.0. The molecule has 1 spiro atoms. The number of nitrogens with one attached hydrogen (secondary N) is 2. The molecule has 0 radical (unpaired) electrons. The lowest BCUT2D eigenvalue weighted by Gasteiger charge is -2.38. The number of guanidine groups is 1. The number of carbonyl (C=O) groups excluding carboxylic acids is 1. The number of benzene rings is 1. The summed E-state index contributed by atoms with van der Waals surface area (Å²) >= 11 is 0. The molecule has 1 saturated carbocycles. The van der Waals surface area contributed by atoms with Crippen LogP contribution in [0.2, 0.25) is 0 Å². The van der Waals surface area contributed by atoms with E-state index in [1.807, 2.05) is 24.3 Å². The SMILES string of the molecule is CCCCNC(=O)c1ccc(CN=C(NCC)N2CCC3(CCC3)C2)cc1.I. The van der Waals surface area contributed by atoms with Gasteiger partial charge in [0.25, 0.3) is 5.91 Å². The lowest BCUT2D eigenvalue weighted by Crippen LogP contribution is -2.42. The Morgan fingerprint density at radius 1 is 1.14 bits per heavy atom. The zero-order valence-electron chi connectivity index (χ0n) is 17.3. The molecule has 0 unspecified atom stereocenters. The Morgan fingerprint density at radius 2 is 1.89 bits per heavy atom. The predicted octanol–water partition coefficient (Wildman–Crippen LogP) is 4.18. The average molecular weight is 498 g/mol. The highest BCUT2D eigenvalue weighted by Gasteiger charge is 2.43. The number of hydrogen-bond acceptors (Lipinski definition) is 2. The summed E-state index contributed by atoms with van der Waals surface area (Å²) in [4.78, 5) is 19.4. The Balaban J connectivity index is 0.00000280. The van der Waals surface area contributed by atoms with Crippen molar-refractivity contribution >= 4 is 35.8 Å². The van der Waals surface area contributed by atoms with Crippen LogP contribution in [0.3, 0.4) is 0 Å². The van der Waals surface area contributed by atoms with Crippen molar-refractivity contribution in [1.29, 1.82) is 0 Å². The fourth-order valence-electron chi connectivity index (χ4n) is 4.04. The molecule has 1 saturated heterocycles. The van der Waals surface area contributed by atoms with Gasteiger partial charge in [-0.2, -0.15) is 0 Å². The van der Waals surface area contributed by atoms with Gasteiger partial charge in [0.15, 0.2) is 5.96 Å². The summed E-state index contributed by atoms with van der Waals surface area (Å²) in [6, 6.07) is 7.83. The van der Waals surface area contributed by atoms with Gasteiger partial charge in [-0.1, -0.05) is 31.9 Å². The monoisotopic (exact) mass is 498 g/mol. The molecule has 5 nitrogen and oxygen atoms in total. The first-order chi connectivity index (χ1) is 13.2. The van der Waals surface area contributed by atoms with Crippen LogP contribution < -0.4 is 10.6 Å². The number of unbranched alkanes of at least 4 members (excludes halogenated alkanes) is 1. The molecule has 156 valence electrons. The van der Waals surface area contributed by atoms with Gasteiger partial charge in [-0.15, -0.1) is 24.0 Å². The number of rotatable bonds is 7. The van der Waals surface area contributed by atoms with Crippen molar-refractivity contribution in [3.63, 3.8) is 0 Å². The van der Waals surface area contributed by atoms with Crippen LogP contribution in [0.15, 0.2) is 29.3 Å². The quantitative estimate of drug-likeness (QED) is 0.257. The van der Waals surface area contributed by atoms with Gasteiger partial charge < -0.3 is 15.5 Å². The number of aliphatic imine (C=N–C) groups is 1. The molecule has 1 amide bonds. The molecule has 1 aliphatic carbocycles. The minimum atomic E-state index is 0. The molecule has 3 rings (SSSR count). The van der Waals surface area contributed by atoms with Gasteiger partial charge in [0.2, 0.25) is 0 Å². The summed E-state index contributed by atoms with van der Waals surface area (Å²) in [6.45, 7) is 8.78. The molecule has 0 bridgehead atoms. The third-order valence-electron chi connectivity index (χ3n) is 5.93. The molecule has 1 heterocycles. The standard InChI is InChI=1S/C22H34N4O.HI/c1-3-5-14-24-20(27)19-9-7-18(8-10-19)16-25-21(23-4-2)26-15-13-22(17-26)11-6-12-22;/h7-10H,3-6,11-17H2,1-2H3,(H,23,25)(H,24,27);1H. The van der Waals surface area contributed by atoms with Crippen LogP contribution >= 0.6 is 24.0 Å². The number of halogens is 1. The van der Waals surface area contributed by atoms with Crippen molar-refractivity contribution in [2.24, 2.45) is 10.4 Å². The van der Waals surface area contributed by atoms with Gasteiger partial charge in [-0.3, -0.25) is 4.79 Å². The van der Waals surface area contributed by atoms with Crippen molar-refractivity contribution in [1.82, 2.24) is 15.5 Å². The summed E-state index contributed by atoms with van der Waals surface area (Å²) in [5.41, 5.74) is 2.42. The van der Waals surface area contributed by atoms with E-state index in [1.165, 1.54) is 25.7 Å². The topological polar surface area (TPSA) is 56.7 Å². The first-order valence-corrected chi connectivity index (χ1v) is 10.6. The second-order valence-corrected chi connectivity index (χ2v) is 8.00. The van der Waals surface area contributed by atoms with Crippen molar-refractivity contribution in [2.45, 2.75) is 58.9 Å². The van der Waals surface area contributed by atoms with Gasteiger partial charge in [0.05, 0.1) is 6.54 Å². The molecule has 0 atom stereocenters. The normalized spacial score (nSPS) is 17.8. The summed E-state index contributed by atoms with van der Waals surface area (Å²) < 4.78 is 0. The third kappa shape index (κ3) is 5.84. The van der Waals surface area contributed by atoms with E-state index in [1.54, 1.807) is 0 Å². The molecule has 2 N–H and O–H groups in total. The fraction of sp³-hybridized carbons (Fsp3) is 0.636. The highest BCUT2D eigenvalue weighted by atomic mass is 127. The summed E-state index contributed by atoms with van der Waals surface area (Å²) in [5.74, 6) is 1.04. The van der Waals surface area contributed by atoms with Crippen molar-refractivity contribution in [3.05, 3.63) is 35.4 Å². The fourth-order valence-corrected chi connectivity index (χ4v) is 4.04. The summed E-state index contributed by atoms with van der Waals surface area (Å²) in [6.07, 6.45) is 7.56. The molecular weight excluding hydrogens is 463 g/mol. The number of nitrogens with zero attached hydrogens (tertiary/aromatic N) is 2. The highest BCUT2D eigenvalue weighted by molar-refractivity contribution is 14.0. The van der Waals surface area contributed by atoms with E-state index in [0.717, 1.165) is 56.1 Å². The van der Waals surface area contributed by atoms with Crippen LogP contribution in [0.1, 0.15) is 68.3 Å². The van der Waals surface area contributed by atoms with Crippen LogP contribution in [-0.4, -0.2) is 42.9 Å². The Bertz CT molecular complexity index is 655. The molecule has 2 aliphatic rings. The molecule has 2 fully saturated rings. The third-order valence-corrected chi connectivity index (χ3v) is 5.93. The highest BCUT2D eigenvalue weighted by Crippen LogP contribution is 2.47. The molecule has 6 heteroatoms. The minimum Gasteiger partial charge on any atom is -0.357 e. The second kappa shape index (κ2) is 11.0. The van der Waals surface area contributed by atoms with Crippen molar-refractivity contribution in [3.8, 4) is 0 Å². The lowest BCUT2D eigenvalue weighted by atomic mass is 9.68. The Hall–Kier alpha value is -1.31. The second-order valence-electron chi connectivity index (χ2n) is 8.00. The lowest BCUT2D eigenvalue weighted by molar-refractivity contribution is 0.0953. The smallest absolute Gasteiger partial charge is 0.251 e.